The Bertz CT molecular complexity index is 1400. The van der Waals surface area contributed by atoms with Crippen LogP contribution in [0.4, 0.5) is 9.59 Å². The first-order chi connectivity index (χ1) is 20.8. The molecule has 0 saturated carbocycles. The molecule has 3 aromatic carbocycles. The Hall–Kier alpha value is -5.38. The highest BCUT2D eigenvalue weighted by Crippen LogP contribution is 2.27. The van der Waals surface area contributed by atoms with E-state index in [9.17, 15) is 19.2 Å². The first kappa shape index (κ1) is 33.1. The second kappa shape index (κ2) is 14.7. The Morgan fingerprint density at radius 2 is 0.955 bits per heavy atom. The Morgan fingerprint density at radius 1 is 0.591 bits per heavy atom. The number of hydrogen-bond donors (Lipinski definition) is 2. The third-order valence-corrected chi connectivity index (χ3v) is 6.37. The number of rotatable bonds is 12. The summed E-state index contributed by atoms with van der Waals surface area (Å²) in [7, 11) is 0. The van der Waals surface area contributed by atoms with Crippen molar-refractivity contribution in [2.45, 2.75) is 38.8 Å². The molecule has 44 heavy (non-hydrogen) atoms. The van der Waals surface area contributed by atoms with Crippen LogP contribution >= 0.6 is 0 Å². The third kappa shape index (κ3) is 9.87. The third-order valence-electron chi connectivity index (χ3n) is 6.37. The fourth-order valence-corrected chi connectivity index (χ4v) is 3.78. The summed E-state index contributed by atoms with van der Waals surface area (Å²) in [5.41, 5.74) is -0.414. The van der Waals surface area contributed by atoms with Gasteiger partial charge in [-0.3, -0.25) is 0 Å². The molecule has 0 aliphatic heterocycles. The normalized spacial score (nSPS) is 11.0. The van der Waals surface area contributed by atoms with E-state index in [1.54, 1.807) is 94.4 Å². The summed E-state index contributed by atoms with van der Waals surface area (Å²) in [6.07, 6.45) is -1.53. The number of carbonyl (C=O) groups excluding carboxylic acids is 4. The molecule has 0 aromatic heterocycles. The molecule has 0 heterocycles. The van der Waals surface area contributed by atoms with Gasteiger partial charge in [-0.15, -0.1) is 0 Å². The largest absolute Gasteiger partial charge is 0.444 e. The van der Waals surface area contributed by atoms with E-state index in [1.165, 1.54) is 0 Å². The van der Waals surface area contributed by atoms with Crippen LogP contribution in [0, 0.1) is 0 Å². The molecule has 0 atom stereocenters. The molecule has 3 rings (SSSR count). The Labute approximate surface area is 256 Å². The summed E-state index contributed by atoms with van der Waals surface area (Å²) in [6.45, 7) is 13.7. The van der Waals surface area contributed by atoms with Gasteiger partial charge in [-0.05, 0) is 63.1 Å². The van der Waals surface area contributed by atoms with E-state index in [-0.39, 0.29) is 24.4 Å². The van der Waals surface area contributed by atoms with E-state index in [1.807, 2.05) is 18.2 Å². The van der Waals surface area contributed by atoms with Crippen LogP contribution in [0.1, 0.15) is 38.8 Å². The van der Waals surface area contributed by atoms with Crippen molar-refractivity contribution in [3.63, 3.8) is 0 Å². The van der Waals surface area contributed by atoms with Gasteiger partial charge < -0.3 is 29.6 Å². The van der Waals surface area contributed by atoms with Gasteiger partial charge in [0.2, 0.25) is 0 Å². The number of nitrogens with one attached hydrogen (secondary N) is 2. The molecule has 0 spiro atoms. The molecule has 3 aromatic rings. The molecule has 10 heteroatoms. The first-order valence-corrected chi connectivity index (χ1v) is 13.7. The highest BCUT2D eigenvalue weighted by atomic mass is 16.6. The second-order valence-corrected chi connectivity index (χ2v) is 10.8. The Balaban J connectivity index is 1.52. The quantitative estimate of drug-likeness (QED) is 0.149. The lowest BCUT2D eigenvalue weighted by Crippen LogP contribution is -2.43. The zero-order chi connectivity index (χ0) is 32.3. The molecule has 2 amide bonds. The van der Waals surface area contributed by atoms with E-state index >= 15 is 0 Å². The molecule has 0 unspecified atom stereocenters. The summed E-state index contributed by atoms with van der Waals surface area (Å²) in [6, 6.07) is 24.2. The number of amides is 2. The summed E-state index contributed by atoms with van der Waals surface area (Å²) in [4.78, 5) is 49.6. The number of benzene rings is 3. The molecule has 230 valence electrons. The summed E-state index contributed by atoms with van der Waals surface area (Å²) < 4.78 is 20.8. The van der Waals surface area contributed by atoms with Gasteiger partial charge in [0.1, 0.15) is 24.7 Å². The second-order valence-electron chi connectivity index (χ2n) is 10.8. The topological polar surface area (TPSA) is 129 Å². The molecule has 10 nitrogen and oxygen atoms in total. The van der Waals surface area contributed by atoms with Crippen molar-refractivity contribution in [2.75, 3.05) is 13.2 Å². The lowest BCUT2D eigenvalue weighted by atomic mass is 9.87. The van der Waals surface area contributed by atoms with Gasteiger partial charge in [-0.25, -0.2) is 19.2 Å². The van der Waals surface area contributed by atoms with E-state index in [0.29, 0.717) is 11.5 Å². The molecule has 2 N–H and O–H groups in total. The molecule has 0 aliphatic rings. The van der Waals surface area contributed by atoms with Gasteiger partial charge in [0.15, 0.2) is 0 Å². The van der Waals surface area contributed by atoms with E-state index < -0.39 is 35.2 Å². The molecule has 0 bridgehead atoms. The zero-order valence-electron chi connectivity index (χ0n) is 25.2. The minimum Gasteiger partial charge on any atom is -0.444 e. The van der Waals surface area contributed by atoms with Crippen molar-refractivity contribution in [3.05, 3.63) is 120 Å². The predicted molar refractivity (Wildman–Crippen MR) is 164 cm³/mol. The Morgan fingerprint density at radius 3 is 1.32 bits per heavy atom. The molecule has 0 radical (unpaired) electrons. The number of ether oxygens (including phenoxy) is 4. The highest BCUT2D eigenvalue weighted by molar-refractivity contribution is 5.90. The van der Waals surface area contributed by atoms with Gasteiger partial charge in [-0.1, -0.05) is 73.8 Å². The van der Waals surface area contributed by atoms with Crippen molar-refractivity contribution in [1.82, 2.24) is 10.6 Å². The maximum Gasteiger partial charge on any atom is 0.408 e. The summed E-state index contributed by atoms with van der Waals surface area (Å²) in [5.74, 6) is -0.714. The highest BCUT2D eigenvalue weighted by Gasteiger charge is 2.29. The van der Waals surface area contributed by atoms with Crippen molar-refractivity contribution in [3.8, 4) is 11.5 Å². The van der Waals surface area contributed by atoms with E-state index in [0.717, 1.165) is 11.1 Å². The lowest BCUT2D eigenvalue weighted by Gasteiger charge is -2.30. The van der Waals surface area contributed by atoms with Gasteiger partial charge in [-0.2, -0.15) is 0 Å². The lowest BCUT2D eigenvalue weighted by molar-refractivity contribution is -0.131. The average molecular weight is 601 g/mol. The number of alkyl carbamates (subject to hydrolysis) is 2. The smallest absolute Gasteiger partial charge is 0.408 e. The van der Waals surface area contributed by atoms with Crippen LogP contribution in [-0.4, -0.2) is 37.3 Å². The van der Waals surface area contributed by atoms with Crippen LogP contribution in [0.5, 0.6) is 11.5 Å². The molecule has 0 saturated heterocycles. The standard InChI is InChI=1S/C34H36N2O8/c1-23(29(37)43-27-16-9-7-10-17-27)21-41-31(39)35-33(3,4)25-14-13-15-26(20-25)34(5,6)36-32(40)42-22-24(2)30(38)44-28-18-11-8-12-19-28/h7-20H,1-2,21-22H2,3-6H3,(H,35,39)(H,36,40). The zero-order valence-corrected chi connectivity index (χ0v) is 25.2. The molecular weight excluding hydrogens is 564 g/mol. The summed E-state index contributed by atoms with van der Waals surface area (Å²) >= 11 is 0. The molecular formula is C34H36N2O8. The van der Waals surface area contributed by atoms with Crippen molar-refractivity contribution in [1.29, 1.82) is 0 Å². The molecule has 0 aliphatic carbocycles. The van der Waals surface area contributed by atoms with Crippen LogP contribution in [0.25, 0.3) is 0 Å². The number of esters is 2. The van der Waals surface area contributed by atoms with Gasteiger partial charge in [0.25, 0.3) is 0 Å². The maximum absolute atomic E-state index is 12.6. The molecule has 0 fully saturated rings. The van der Waals surface area contributed by atoms with Crippen LogP contribution in [0.3, 0.4) is 0 Å². The fraction of sp³-hybridized carbons (Fsp3) is 0.235. The van der Waals surface area contributed by atoms with Gasteiger partial charge in [0.05, 0.1) is 22.2 Å². The minimum absolute atomic E-state index is 0.0276. The minimum atomic E-state index is -0.896. The number of hydrogen-bond acceptors (Lipinski definition) is 8. The fourth-order valence-electron chi connectivity index (χ4n) is 3.78. The van der Waals surface area contributed by atoms with Crippen molar-refractivity contribution >= 4 is 24.1 Å². The van der Waals surface area contributed by atoms with E-state index in [4.69, 9.17) is 18.9 Å². The van der Waals surface area contributed by atoms with E-state index in [2.05, 4.69) is 23.8 Å². The number of carbonyl (C=O) groups is 4. The van der Waals surface area contributed by atoms with Crippen LogP contribution < -0.4 is 20.1 Å². The first-order valence-electron chi connectivity index (χ1n) is 13.7. The number of para-hydroxylation sites is 2. The van der Waals surface area contributed by atoms with Crippen LogP contribution in [0.15, 0.2) is 109 Å². The maximum atomic E-state index is 12.6. The Kier molecular flexibility index (Phi) is 11.1. The van der Waals surface area contributed by atoms with Gasteiger partial charge >= 0.3 is 24.1 Å². The predicted octanol–water partition coefficient (Wildman–Crippen LogP) is 5.93. The average Bonchev–Trinajstić information content (AvgIpc) is 2.99. The van der Waals surface area contributed by atoms with Crippen LogP contribution in [0.2, 0.25) is 0 Å². The van der Waals surface area contributed by atoms with Crippen LogP contribution in [-0.2, 0) is 30.1 Å². The van der Waals surface area contributed by atoms with Gasteiger partial charge in [0, 0.05) is 0 Å². The van der Waals surface area contributed by atoms with Crippen molar-refractivity contribution < 1.29 is 38.1 Å². The van der Waals surface area contributed by atoms with Crippen molar-refractivity contribution in [2.24, 2.45) is 0 Å². The summed E-state index contributed by atoms with van der Waals surface area (Å²) in [5, 5.41) is 5.55. The monoisotopic (exact) mass is 600 g/mol. The SMILES string of the molecule is C=C(COC(=O)NC(C)(C)c1cccc(C(C)(C)NC(=O)OCC(=C)C(=O)Oc2ccccc2)c1)C(=O)Oc1ccccc1.